The Morgan fingerprint density at radius 3 is 2.29 bits per heavy atom. The first-order valence-corrected chi connectivity index (χ1v) is 15.3. The number of benzene rings is 3. The van der Waals surface area contributed by atoms with Gasteiger partial charge in [0.2, 0.25) is 11.8 Å². The maximum atomic E-state index is 13.9. The van der Waals surface area contributed by atoms with Crippen molar-refractivity contribution in [2.45, 2.75) is 46.1 Å². The number of ether oxygens (including phenoxy) is 2. The predicted molar refractivity (Wildman–Crippen MR) is 166 cm³/mol. The van der Waals surface area contributed by atoms with Crippen molar-refractivity contribution in [2.75, 3.05) is 50.8 Å². The fourth-order valence-electron chi connectivity index (χ4n) is 5.78. The van der Waals surface area contributed by atoms with Crippen LogP contribution in [0.2, 0.25) is 0 Å². The van der Waals surface area contributed by atoms with Gasteiger partial charge in [-0.15, -0.1) is 0 Å². The number of nitrogens with zero attached hydrogens (tertiary/aromatic N) is 3. The van der Waals surface area contributed by atoms with Crippen molar-refractivity contribution in [1.82, 2.24) is 9.80 Å². The highest BCUT2D eigenvalue weighted by atomic mass is 16.5. The van der Waals surface area contributed by atoms with Crippen molar-refractivity contribution in [3.8, 4) is 11.5 Å². The van der Waals surface area contributed by atoms with Crippen LogP contribution in [0.25, 0.3) is 0 Å². The summed E-state index contributed by atoms with van der Waals surface area (Å²) in [6, 6.07) is 23.8. The second-order valence-corrected chi connectivity index (χ2v) is 11.7. The van der Waals surface area contributed by atoms with E-state index in [1.807, 2.05) is 76.5 Å². The molecule has 0 unspecified atom stereocenters. The third-order valence-corrected chi connectivity index (χ3v) is 7.83. The maximum Gasteiger partial charge on any atom is 0.231 e. The average molecular weight is 570 g/mol. The molecule has 0 spiro atoms. The number of hydrogen-bond donors (Lipinski definition) is 0. The Balaban J connectivity index is 1.41. The van der Waals surface area contributed by atoms with E-state index in [1.165, 1.54) is 0 Å². The summed E-state index contributed by atoms with van der Waals surface area (Å²) in [4.78, 5) is 34.0. The molecule has 0 atom stereocenters. The molecule has 2 heterocycles. The topological polar surface area (TPSA) is 62.3 Å². The van der Waals surface area contributed by atoms with Crippen molar-refractivity contribution in [3.63, 3.8) is 0 Å². The van der Waals surface area contributed by atoms with Crippen LogP contribution in [0.5, 0.6) is 11.5 Å². The first-order valence-electron chi connectivity index (χ1n) is 15.3. The van der Waals surface area contributed by atoms with Crippen molar-refractivity contribution in [1.29, 1.82) is 0 Å². The lowest BCUT2D eigenvalue weighted by molar-refractivity contribution is -0.131. The fourth-order valence-corrected chi connectivity index (χ4v) is 5.78. The second kappa shape index (κ2) is 14.4. The van der Waals surface area contributed by atoms with Crippen LogP contribution in [-0.2, 0) is 29.0 Å². The molecule has 3 aromatic carbocycles. The van der Waals surface area contributed by atoms with Gasteiger partial charge in [0.1, 0.15) is 0 Å². The number of fused-ring (bicyclic) bond motifs is 2. The number of carbonyl (C=O) groups excluding carboxylic acids is 2. The van der Waals surface area contributed by atoms with E-state index >= 15 is 0 Å². The molecular weight excluding hydrogens is 526 g/mol. The molecule has 2 aliphatic heterocycles. The minimum absolute atomic E-state index is 0.0604. The van der Waals surface area contributed by atoms with Crippen LogP contribution in [0.15, 0.2) is 72.8 Å². The van der Waals surface area contributed by atoms with Gasteiger partial charge in [0.15, 0.2) is 11.5 Å². The zero-order valence-electron chi connectivity index (χ0n) is 25.0. The normalized spacial score (nSPS) is 16.4. The number of para-hydroxylation sites is 1. The van der Waals surface area contributed by atoms with Gasteiger partial charge >= 0.3 is 0 Å². The monoisotopic (exact) mass is 569 g/mol. The first-order chi connectivity index (χ1) is 20.5. The molecule has 5 rings (SSSR count). The molecule has 3 aromatic rings. The Morgan fingerprint density at radius 1 is 0.738 bits per heavy atom. The third kappa shape index (κ3) is 7.91. The zero-order chi connectivity index (χ0) is 29.3. The summed E-state index contributed by atoms with van der Waals surface area (Å²) < 4.78 is 11.7. The quantitative estimate of drug-likeness (QED) is 0.400. The molecule has 0 aromatic heterocycles. The number of carbonyl (C=O) groups is 2. The van der Waals surface area contributed by atoms with Crippen LogP contribution < -0.4 is 14.4 Å². The van der Waals surface area contributed by atoms with E-state index in [9.17, 15) is 9.59 Å². The van der Waals surface area contributed by atoms with Gasteiger partial charge in [0, 0.05) is 44.8 Å². The molecule has 2 aliphatic rings. The third-order valence-electron chi connectivity index (χ3n) is 7.83. The Labute approximate surface area is 250 Å². The lowest BCUT2D eigenvalue weighted by Gasteiger charge is -2.29. The standard InChI is InChI=1S/C35H43N3O4/c1-27(2)25-36-16-8-17-38(35(40)23-28-10-4-3-5-11-28)31-13-7-6-12-30(31)26-37(19-18-36)34(39)24-29-14-15-32-33(22-29)42-21-9-20-41-32/h3-7,10-15,22,27H,8-9,16-21,23-26H2,1-2H3. The number of amides is 2. The molecule has 0 bridgehead atoms. The summed E-state index contributed by atoms with van der Waals surface area (Å²) in [5.74, 6) is 2.08. The smallest absolute Gasteiger partial charge is 0.231 e. The minimum Gasteiger partial charge on any atom is -0.490 e. The largest absolute Gasteiger partial charge is 0.490 e. The van der Waals surface area contributed by atoms with Crippen molar-refractivity contribution < 1.29 is 19.1 Å². The van der Waals surface area contributed by atoms with Gasteiger partial charge < -0.3 is 24.2 Å². The summed E-state index contributed by atoms with van der Waals surface area (Å²) in [6.45, 7) is 10.0. The van der Waals surface area contributed by atoms with E-state index in [2.05, 4.69) is 24.8 Å². The van der Waals surface area contributed by atoms with Gasteiger partial charge in [-0.25, -0.2) is 0 Å². The van der Waals surface area contributed by atoms with Crippen LogP contribution in [0.4, 0.5) is 5.69 Å². The average Bonchev–Trinajstić information content (AvgIpc) is 3.24. The van der Waals surface area contributed by atoms with Gasteiger partial charge in [-0.05, 0) is 53.8 Å². The summed E-state index contributed by atoms with van der Waals surface area (Å²) >= 11 is 0. The van der Waals surface area contributed by atoms with E-state index in [0.29, 0.717) is 50.9 Å². The Hall–Kier alpha value is -3.84. The van der Waals surface area contributed by atoms with Gasteiger partial charge in [0.25, 0.3) is 0 Å². The van der Waals surface area contributed by atoms with E-state index in [-0.39, 0.29) is 18.2 Å². The number of anilines is 1. The summed E-state index contributed by atoms with van der Waals surface area (Å²) in [7, 11) is 0. The van der Waals surface area contributed by atoms with E-state index < -0.39 is 0 Å². The van der Waals surface area contributed by atoms with Crippen molar-refractivity contribution in [2.24, 2.45) is 5.92 Å². The number of hydrogen-bond acceptors (Lipinski definition) is 5. The van der Waals surface area contributed by atoms with E-state index in [1.54, 1.807) is 0 Å². The van der Waals surface area contributed by atoms with Crippen LogP contribution in [0.3, 0.4) is 0 Å². The van der Waals surface area contributed by atoms with Gasteiger partial charge in [-0.3, -0.25) is 9.59 Å². The van der Waals surface area contributed by atoms with Crippen LogP contribution in [-0.4, -0.2) is 67.6 Å². The molecule has 0 radical (unpaired) electrons. The summed E-state index contributed by atoms with van der Waals surface area (Å²) in [5, 5.41) is 0. The second-order valence-electron chi connectivity index (χ2n) is 11.7. The summed E-state index contributed by atoms with van der Waals surface area (Å²) in [5.41, 5.74) is 3.79. The first kappa shape index (κ1) is 29.6. The predicted octanol–water partition coefficient (Wildman–Crippen LogP) is 5.36. The Morgan fingerprint density at radius 2 is 1.48 bits per heavy atom. The molecule has 222 valence electrons. The molecule has 2 amide bonds. The molecule has 0 N–H and O–H groups in total. The van der Waals surface area contributed by atoms with Crippen molar-refractivity contribution in [3.05, 3.63) is 89.5 Å². The molecule has 42 heavy (non-hydrogen) atoms. The summed E-state index contributed by atoms with van der Waals surface area (Å²) in [6.07, 6.45) is 2.33. The molecule has 0 saturated heterocycles. The molecule has 0 fully saturated rings. The van der Waals surface area contributed by atoms with Crippen molar-refractivity contribution >= 4 is 17.5 Å². The Kier molecular flexibility index (Phi) is 10.1. The van der Waals surface area contributed by atoms with Crippen LogP contribution >= 0.6 is 0 Å². The minimum atomic E-state index is 0.0604. The van der Waals surface area contributed by atoms with Gasteiger partial charge in [0.05, 0.1) is 26.1 Å². The van der Waals surface area contributed by atoms with Crippen LogP contribution in [0.1, 0.15) is 43.4 Å². The molecule has 7 nitrogen and oxygen atoms in total. The molecular formula is C35H43N3O4. The SMILES string of the molecule is CC(C)CN1CCCN(C(=O)Cc2ccccc2)c2ccccc2CN(C(=O)Cc2ccc3c(c2)OCCCO3)CC1. The lowest BCUT2D eigenvalue weighted by Crippen LogP contribution is -2.40. The van der Waals surface area contributed by atoms with Gasteiger partial charge in [-0.2, -0.15) is 0 Å². The zero-order valence-corrected chi connectivity index (χ0v) is 25.0. The fraction of sp³-hybridized carbons (Fsp3) is 0.429. The Bertz CT molecular complexity index is 1340. The highest BCUT2D eigenvalue weighted by molar-refractivity contribution is 5.95. The molecule has 0 saturated carbocycles. The highest BCUT2D eigenvalue weighted by Gasteiger charge is 2.24. The van der Waals surface area contributed by atoms with Gasteiger partial charge in [-0.1, -0.05) is 68.4 Å². The molecule has 0 aliphatic carbocycles. The highest BCUT2D eigenvalue weighted by Crippen LogP contribution is 2.31. The van der Waals surface area contributed by atoms with E-state index in [0.717, 1.165) is 60.6 Å². The van der Waals surface area contributed by atoms with Crippen LogP contribution in [0, 0.1) is 5.92 Å². The lowest BCUT2D eigenvalue weighted by atomic mass is 10.1. The van der Waals surface area contributed by atoms with E-state index in [4.69, 9.17) is 9.47 Å². The molecule has 7 heteroatoms. The number of rotatable bonds is 6. The maximum absolute atomic E-state index is 13.9.